The van der Waals surface area contributed by atoms with Crippen molar-refractivity contribution >= 4 is 58.3 Å². The number of anilines is 1. The summed E-state index contributed by atoms with van der Waals surface area (Å²) in [5.74, 6) is 2.34. The van der Waals surface area contributed by atoms with Crippen LogP contribution in [0.3, 0.4) is 0 Å². The first-order valence-corrected chi connectivity index (χ1v) is 10.5. The molecule has 0 aliphatic carbocycles. The SMILES string of the molecule is O=C(Cc1ccc(Cl)c(Cl)c1)Nc1cccc(C2SCCCS2)c1. The summed E-state index contributed by atoms with van der Waals surface area (Å²) in [6, 6.07) is 13.4. The van der Waals surface area contributed by atoms with E-state index in [-0.39, 0.29) is 12.3 Å². The zero-order valence-corrected chi connectivity index (χ0v) is 16.1. The lowest BCUT2D eigenvalue weighted by Crippen LogP contribution is -2.14. The van der Waals surface area contributed by atoms with Gasteiger partial charge in [0.05, 0.1) is 21.0 Å². The lowest BCUT2D eigenvalue weighted by molar-refractivity contribution is -0.115. The van der Waals surface area contributed by atoms with Crippen LogP contribution in [-0.4, -0.2) is 17.4 Å². The van der Waals surface area contributed by atoms with E-state index in [1.165, 1.54) is 23.5 Å². The number of rotatable bonds is 4. The second-order valence-corrected chi connectivity index (χ2v) is 9.06. The summed E-state index contributed by atoms with van der Waals surface area (Å²) in [4.78, 5) is 12.3. The minimum Gasteiger partial charge on any atom is -0.326 e. The third-order valence-electron chi connectivity index (χ3n) is 3.62. The van der Waals surface area contributed by atoms with Gasteiger partial charge in [0.2, 0.25) is 5.91 Å². The Bertz CT molecular complexity index is 733. The summed E-state index contributed by atoms with van der Waals surface area (Å²) in [6.07, 6.45) is 1.54. The third kappa shape index (κ3) is 4.85. The van der Waals surface area contributed by atoms with Gasteiger partial charge in [-0.15, -0.1) is 23.5 Å². The van der Waals surface area contributed by atoms with Crippen LogP contribution in [0.15, 0.2) is 42.5 Å². The molecule has 0 aromatic heterocycles. The number of carbonyl (C=O) groups excluding carboxylic acids is 1. The average molecular weight is 398 g/mol. The standard InChI is InChI=1S/C18H17Cl2NOS2/c19-15-6-5-12(9-16(15)20)10-17(22)21-14-4-1-3-13(11-14)18-23-7-2-8-24-18/h1,3-6,9,11,18H,2,7-8,10H2,(H,21,22). The first kappa shape index (κ1) is 18.0. The molecule has 1 heterocycles. The van der Waals surface area contributed by atoms with Crippen molar-refractivity contribution in [2.75, 3.05) is 16.8 Å². The van der Waals surface area contributed by atoms with Crippen LogP contribution in [-0.2, 0) is 11.2 Å². The Hall–Kier alpha value is -0.810. The highest BCUT2D eigenvalue weighted by Gasteiger charge is 2.17. The Morgan fingerprint density at radius 2 is 1.88 bits per heavy atom. The Morgan fingerprint density at radius 1 is 1.08 bits per heavy atom. The average Bonchev–Trinajstić information content (AvgIpc) is 2.59. The van der Waals surface area contributed by atoms with Crippen molar-refractivity contribution in [3.05, 3.63) is 63.6 Å². The van der Waals surface area contributed by atoms with Gasteiger partial charge in [0.15, 0.2) is 0 Å². The van der Waals surface area contributed by atoms with Gasteiger partial charge in [-0.05, 0) is 53.3 Å². The van der Waals surface area contributed by atoms with E-state index in [0.29, 0.717) is 14.6 Å². The van der Waals surface area contributed by atoms with E-state index in [4.69, 9.17) is 23.2 Å². The molecular formula is C18H17Cl2NOS2. The van der Waals surface area contributed by atoms with Gasteiger partial charge in [0.25, 0.3) is 0 Å². The Labute approximate surface area is 160 Å². The van der Waals surface area contributed by atoms with E-state index in [1.54, 1.807) is 12.1 Å². The van der Waals surface area contributed by atoms with Gasteiger partial charge in [0, 0.05) is 5.69 Å². The van der Waals surface area contributed by atoms with Gasteiger partial charge in [-0.2, -0.15) is 0 Å². The molecule has 6 heteroatoms. The van der Waals surface area contributed by atoms with Crippen LogP contribution >= 0.6 is 46.7 Å². The van der Waals surface area contributed by atoms with Crippen molar-refractivity contribution in [1.29, 1.82) is 0 Å². The van der Waals surface area contributed by atoms with Crippen LogP contribution in [0.2, 0.25) is 10.0 Å². The second kappa shape index (κ2) is 8.52. The third-order valence-corrected chi connectivity index (χ3v) is 7.37. The fourth-order valence-corrected chi connectivity index (χ4v) is 5.68. The number of benzene rings is 2. The summed E-state index contributed by atoms with van der Waals surface area (Å²) in [7, 11) is 0. The molecule has 0 atom stereocenters. The maximum atomic E-state index is 12.3. The molecule has 2 aromatic carbocycles. The predicted octanol–water partition coefficient (Wildman–Crippen LogP) is 6.04. The molecule has 0 saturated carbocycles. The molecule has 3 rings (SSSR count). The first-order valence-electron chi connectivity index (χ1n) is 7.69. The maximum absolute atomic E-state index is 12.3. The van der Waals surface area contributed by atoms with E-state index < -0.39 is 0 Å². The molecule has 2 aromatic rings. The quantitative estimate of drug-likeness (QED) is 0.681. The van der Waals surface area contributed by atoms with Crippen LogP contribution in [0, 0.1) is 0 Å². The lowest BCUT2D eigenvalue weighted by Gasteiger charge is -2.21. The van der Waals surface area contributed by atoms with E-state index >= 15 is 0 Å². The van der Waals surface area contributed by atoms with Crippen molar-refractivity contribution in [3.63, 3.8) is 0 Å². The molecule has 2 nitrogen and oxygen atoms in total. The molecule has 1 aliphatic heterocycles. The maximum Gasteiger partial charge on any atom is 0.228 e. The fourth-order valence-electron chi connectivity index (χ4n) is 2.48. The zero-order valence-electron chi connectivity index (χ0n) is 12.9. The van der Waals surface area contributed by atoms with Crippen LogP contribution in [0.1, 0.15) is 22.1 Å². The van der Waals surface area contributed by atoms with E-state index in [0.717, 1.165) is 11.3 Å². The number of carbonyl (C=O) groups is 1. The van der Waals surface area contributed by atoms with Gasteiger partial charge in [-0.3, -0.25) is 4.79 Å². The molecule has 1 N–H and O–H groups in total. The molecular weight excluding hydrogens is 381 g/mol. The summed E-state index contributed by atoms with van der Waals surface area (Å²) in [6.45, 7) is 0. The molecule has 1 amide bonds. The second-order valence-electron chi connectivity index (χ2n) is 5.53. The first-order chi connectivity index (χ1) is 11.6. The number of nitrogens with one attached hydrogen (secondary N) is 1. The van der Waals surface area contributed by atoms with Gasteiger partial charge in [-0.1, -0.05) is 41.4 Å². The van der Waals surface area contributed by atoms with Crippen molar-refractivity contribution in [3.8, 4) is 0 Å². The van der Waals surface area contributed by atoms with E-state index in [9.17, 15) is 4.79 Å². The number of amides is 1. The molecule has 24 heavy (non-hydrogen) atoms. The minimum absolute atomic E-state index is 0.0607. The molecule has 0 unspecified atom stereocenters. The van der Waals surface area contributed by atoms with Crippen LogP contribution < -0.4 is 5.32 Å². The largest absolute Gasteiger partial charge is 0.326 e. The molecule has 126 valence electrons. The van der Waals surface area contributed by atoms with Crippen molar-refractivity contribution in [2.24, 2.45) is 0 Å². The number of hydrogen-bond acceptors (Lipinski definition) is 3. The fraction of sp³-hybridized carbons (Fsp3) is 0.278. The lowest BCUT2D eigenvalue weighted by atomic mass is 10.1. The Morgan fingerprint density at radius 3 is 2.62 bits per heavy atom. The Balaban J connectivity index is 1.64. The minimum atomic E-state index is -0.0607. The predicted molar refractivity (Wildman–Crippen MR) is 108 cm³/mol. The van der Waals surface area contributed by atoms with Crippen molar-refractivity contribution in [2.45, 2.75) is 17.4 Å². The molecule has 1 fully saturated rings. The highest BCUT2D eigenvalue weighted by atomic mass is 35.5. The number of halogens is 2. The zero-order chi connectivity index (χ0) is 16.9. The van der Waals surface area contributed by atoms with E-state index in [2.05, 4.69) is 17.4 Å². The topological polar surface area (TPSA) is 29.1 Å². The van der Waals surface area contributed by atoms with E-state index in [1.807, 2.05) is 41.7 Å². The summed E-state index contributed by atoms with van der Waals surface area (Å²) >= 11 is 15.8. The normalized spacial score (nSPS) is 15.2. The van der Waals surface area contributed by atoms with Crippen LogP contribution in [0.4, 0.5) is 5.69 Å². The molecule has 1 aliphatic rings. The van der Waals surface area contributed by atoms with Gasteiger partial charge < -0.3 is 5.32 Å². The molecule has 1 saturated heterocycles. The molecule has 0 radical (unpaired) electrons. The van der Waals surface area contributed by atoms with Gasteiger partial charge in [0.1, 0.15) is 0 Å². The molecule has 0 spiro atoms. The highest BCUT2D eigenvalue weighted by molar-refractivity contribution is 8.16. The van der Waals surface area contributed by atoms with Gasteiger partial charge in [-0.25, -0.2) is 0 Å². The highest BCUT2D eigenvalue weighted by Crippen LogP contribution is 2.44. The van der Waals surface area contributed by atoms with Crippen LogP contribution in [0.25, 0.3) is 0 Å². The number of hydrogen-bond donors (Lipinski definition) is 1. The summed E-state index contributed by atoms with van der Waals surface area (Å²) in [5, 5.41) is 3.93. The number of thioether (sulfide) groups is 2. The smallest absolute Gasteiger partial charge is 0.228 e. The molecule has 0 bridgehead atoms. The van der Waals surface area contributed by atoms with Gasteiger partial charge >= 0.3 is 0 Å². The summed E-state index contributed by atoms with van der Waals surface area (Å²) in [5.41, 5.74) is 2.94. The Kier molecular flexibility index (Phi) is 6.39. The van der Waals surface area contributed by atoms with Crippen molar-refractivity contribution in [1.82, 2.24) is 0 Å². The van der Waals surface area contributed by atoms with Crippen LogP contribution in [0.5, 0.6) is 0 Å². The van der Waals surface area contributed by atoms with Crippen molar-refractivity contribution < 1.29 is 4.79 Å². The summed E-state index contributed by atoms with van der Waals surface area (Å²) < 4.78 is 0.464. The monoisotopic (exact) mass is 397 g/mol.